The molecule has 0 aliphatic rings. The summed E-state index contributed by atoms with van der Waals surface area (Å²) in [5.74, 6) is 1.14. The first-order valence-corrected chi connectivity index (χ1v) is 12.4. The van der Waals surface area contributed by atoms with Gasteiger partial charge in [0.25, 0.3) is 5.56 Å². The van der Waals surface area contributed by atoms with Crippen LogP contribution < -0.4 is 14.6 Å². The molecule has 0 aliphatic heterocycles. The molecule has 1 unspecified atom stereocenters. The molecule has 0 saturated carbocycles. The number of aryl methyl sites for hydroxylation is 1. The SMILES string of the molecule is Cc1ccc(Oc2ccc(N(C(O)c3cc(-c4ccccc4)c[nH]c3=O)S(C)(=O)=O)cc2)cc1. The van der Waals surface area contributed by atoms with Crippen LogP contribution in [0.1, 0.15) is 17.4 Å². The van der Waals surface area contributed by atoms with Crippen LogP contribution in [0.2, 0.25) is 0 Å². The van der Waals surface area contributed by atoms with Crippen LogP contribution in [0, 0.1) is 6.92 Å². The van der Waals surface area contributed by atoms with Gasteiger partial charge in [-0.2, -0.15) is 0 Å². The summed E-state index contributed by atoms with van der Waals surface area (Å²) in [7, 11) is -3.95. The van der Waals surface area contributed by atoms with E-state index in [4.69, 9.17) is 4.74 Å². The minimum atomic E-state index is -3.95. The Kier molecular flexibility index (Phi) is 6.54. The number of benzene rings is 3. The number of aliphatic hydroxyl groups is 1. The van der Waals surface area contributed by atoms with Crippen LogP contribution in [0.4, 0.5) is 5.69 Å². The van der Waals surface area contributed by atoms with Crippen molar-refractivity contribution >= 4 is 15.7 Å². The van der Waals surface area contributed by atoms with E-state index in [0.29, 0.717) is 17.1 Å². The van der Waals surface area contributed by atoms with Crippen molar-refractivity contribution in [3.8, 4) is 22.6 Å². The molecular formula is C26H24N2O5S. The van der Waals surface area contributed by atoms with E-state index in [2.05, 4.69) is 4.98 Å². The van der Waals surface area contributed by atoms with Crippen molar-refractivity contribution in [1.82, 2.24) is 4.98 Å². The van der Waals surface area contributed by atoms with E-state index in [9.17, 15) is 18.3 Å². The van der Waals surface area contributed by atoms with Crippen molar-refractivity contribution in [2.45, 2.75) is 13.2 Å². The number of sulfonamides is 1. The summed E-state index contributed by atoms with van der Waals surface area (Å²) in [6.45, 7) is 1.98. The summed E-state index contributed by atoms with van der Waals surface area (Å²) in [4.78, 5) is 15.1. The second kappa shape index (κ2) is 9.54. The molecule has 8 heteroatoms. The maximum absolute atomic E-state index is 12.6. The van der Waals surface area contributed by atoms with Crippen molar-refractivity contribution in [2.75, 3.05) is 10.6 Å². The predicted octanol–water partition coefficient (Wildman–Crippen LogP) is 4.60. The third kappa shape index (κ3) is 5.19. The van der Waals surface area contributed by atoms with Gasteiger partial charge in [0.2, 0.25) is 10.0 Å². The van der Waals surface area contributed by atoms with Crippen LogP contribution in [0.5, 0.6) is 11.5 Å². The number of rotatable bonds is 7. The molecule has 174 valence electrons. The lowest BCUT2D eigenvalue weighted by Crippen LogP contribution is -2.36. The number of ether oxygens (including phenoxy) is 1. The maximum atomic E-state index is 12.6. The second-order valence-corrected chi connectivity index (χ2v) is 9.74. The highest BCUT2D eigenvalue weighted by Gasteiger charge is 2.29. The largest absolute Gasteiger partial charge is 0.457 e. The molecule has 34 heavy (non-hydrogen) atoms. The van der Waals surface area contributed by atoms with E-state index >= 15 is 0 Å². The molecule has 7 nitrogen and oxygen atoms in total. The Hall–Kier alpha value is -3.88. The number of aliphatic hydroxyl groups excluding tert-OH is 1. The van der Waals surface area contributed by atoms with Crippen LogP contribution in [0.15, 0.2) is 95.9 Å². The molecule has 0 fully saturated rings. The highest BCUT2D eigenvalue weighted by Crippen LogP contribution is 2.31. The van der Waals surface area contributed by atoms with E-state index in [1.807, 2.05) is 61.5 Å². The highest BCUT2D eigenvalue weighted by atomic mass is 32.2. The normalized spacial score (nSPS) is 12.2. The Morgan fingerprint density at radius 1 is 0.882 bits per heavy atom. The molecule has 4 aromatic rings. The first-order chi connectivity index (χ1) is 16.2. The van der Waals surface area contributed by atoms with Crippen LogP contribution in [0.3, 0.4) is 0 Å². The molecule has 3 aromatic carbocycles. The van der Waals surface area contributed by atoms with E-state index in [1.165, 1.54) is 24.4 Å². The Bertz CT molecular complexity index is 1430. The zero-order valence-electron chi connectivity index (χ0n) is 18.7. The minimum Gasteiger partial charge on any atom is -0.457 e. The van der Waals surface area contributed by atoms with Crippen molar-refractivity contribution in [1.29, 1.82) is 0 Å². The zero-order chi connectivity index (χ0) is 24.3. The fourth-order valence-corrected chi connectivity index (χ4v) is 4.52. The monoisotopic (exact) mass is 476 g/mol. The van der Waals surface area contributed by atoms with Crippen LogP contribution in [-0.2, 0) is 10.0 Å². The number of aromatic amines is 1. The predicted molar refractivity (Wildman–Crippen MR) is 132 cm³/mol. The minimum absolute atomic E-state index is 0.0910. The molecule has 1 aromatic heterocycles. The number of aromatic nitrogens is 1. The lowest BCUT2D eigenvalue weighted by atomic mass is 10.1. The molecule has 0 saturated heterocycles. The Morgan fingerprint density at radius 3 is 2.06 bits per heavy atom. The summed E-state index contributed by atoms with van der Waals surface area (Å²) in [6, 6.07) is 24.5. The fourth-order valence-electron chi connectivity index (χ4n) is 3.53. The quantitative estimate of drug-likeness (QED) is 0.380. The van der Waals surface area contributed by atoms with Gasteiger partial charge in [-0.05, 0) is 60.5 Å². The number of H-pyrrole nitrogens is 1. The molecule has 1 atom stereocenters. The molecule has 1 heterocycles. The zero-order valence-corrected chi connectivity index (χ0v) is 19.5. The Balaban J connectivity index is 1.66. The van der Waals surface area contributed by atoms with Crippen molar-refractivity contribution in [2.24, 2.45) is 0 Å². The first-order valence-electron chi connectivity index (χ1n) is 10.5. The van der Waals surface area contributed by atoms with Gasteiger partial charge in [-0.3, -0.25) is 4.79 Å². The number of nitrogens with zero attached hydrogens (tertiary/aromatic N) is 1. The number of pyridine rings is 1. The van der Waals surface area contributed by atoms with E-state index in [1.54, 1.807) is 12.1 Å². The van der Waals surface area contributed by atoms with Gasteiger partial charge in [-0.25, -0.2) is 12.7 Å². The number of anilines is 1. The molecule has 0 aliphatic carbocycles. The lowest BCUT2D eigenvalue weighted by Gasteiger charge is -2.28. The fraction of sp³-hybridized carbons (Fsp3) is 0.115. The maximum Gasteiger partial charge on any atom is 0.255 e. The van der Waals surface area contributed by atoms with Crippen molar-refractivity contribution in [3.05, 3.63) is 113 Å². The molecular weight excluding hydrogens is 452 g/mol. The summed E-state index contributed by atoms with van der Waals surface area (Å²) in [5, 5.41) is 11.0. The van der Waals surface area contributed by atoms with Crippen LogP contribution in [-0.4, -0.2) is 24.8 Å². The average molecular weight is 477 g/mol. The van der Waals surface area contributed by atoms with Gasteiger partial charge in [0.1, 0.15) is 11.5 Å². The van der Waals surface area contributed by atoms with Crippen LogP contribution in [0.25, 0.3) is 11.1 Å². The van der Waals surface area contributed by atoms with Gasteiger partial charge in [0.15, 0.2) is 6.23 Å². The van der Waals surface area contributed by atoms with Crippen molar-refractivity contribution < 1.29 is 18.3 Å². The number of hydrogen-bond donors (Lipinski definition) is 2. The standard InChI is InChI=1S/C26H24N2O5S/c1-18-8-12-22(13-9-18)33-23-14-10-21(11-15-23)28(34(2,31)32)26(30)24-16-20(17-27-25(24)29)19-6-4-3-5-7-19/h3-17,26,30H,1-2H3,(H,27,29). The van der Waals surface area contributed by atoms with Gasteiger partial charge < -0.3 is 14.8 Å². The summed E-state index contributed by atoms with van der Waals surface area (Å²) >= 11 is 0. The molecule has 0 spiro atoms. The first kappa shape index (κ1) is 23.3. The van der Waals surface area contributed by atoms with Crippen LogP contribution >= 0.6 is 0 Å². The van der Waals surface area contributed by atoms with E-state index in [-0.39, 0.29) is 11.3 Å². The number of hydrogen-bond acceptors (Lipinski definition) is 5. The Morgan fingerprint density at radius 2 is 1.47 bits per heavy atom. The van der Waals surface area contributed by atoms with Gasteiger partial charge >= 0.3 is 0 Å². The van der Waals surface area contributed by atoms with Crippen molar-refractivity contribution in [3.63, 3.8) is 0 Å². The molecule has 0 radical (unpaired) electrons. The summed E-state index contributed by atoms with van der Waals surface area (Å²) in [5.41, 5.74) is 2.08. The molecule has 2 N–H and O–H groups in total. The Labute approximate surface area is 198 Å². The smallest absolute Gasteiger partial charge is 0.255 e. The topological polar surface area (TPSA) is 99.7 Å². The van der Waals surface area contributed by atoms with Gasteiger partial charge in [-0.15, -0.1) is 0 Å². The van der Waals surface area contributed by atoms with Gasteiger partial charge in [0, 0.05) is 6.20 Å². The summed E-state index contributed by atoms with van der Waals surface area (Å²) in [6.07, 6.45) is 0.768. The van der Waals surface area contributed by atoms with E-state index in [0.717, 1.165) is 21.7 Å². The highest BCUT2D eigenvalue weighted by molar-refractivity contribution is 7.92. The third-order valence-corrected chi connectivity index (χ3v) is 6.37. The molecule has 0 amide bonds. The van der Waals surface area contributed by atoms with Gasteiger partial charge in [0.05, 0.1) is 17.5 Å². The molecule has 0 bridgehead atoms. The second-order valence-electron chi connectivity index (χ2n) is 7.88. The van der Waals surface area contributed by atoms with Gasteiger partial charge in [-0.1, -0.05) is 48.0 Å². The van der Waals surface area contributed by atoms with E-state index < -0.39 is 21.8 Å². The summed E-state index contributed by atoms with van der Waals surface area (Å²) < 4.78 is 31.9. The average Bonchev–Trinajstić information content (AvgIpc) is 2.82. The molecule has 4 rings (SSSR count). The third-order valence-electron chi connectivity index (χ3n) is 5.24. The lowest BCUT2D eigenvalue weighted by molar-refractivity contribution is 0.189. The number of nitrogens with one attached hydrogen (secondary N) is 1.